The molecular weight excluding hydrogens is 485 g/mol. The van der Waals surface area contributed by atoms with E-state index < -0.39 is 62.7 Å². The first-order valence-electron chi connectivity index (χ1n) is 9.89. The predicted octanol–water partition coefficient (Wildman–Crippen LogP) is 4.48. The van der Waals surface area contributed by atoms with Gasteiger partial charge in [-0.3, -0.25) is 4.79 Å². The first kappa shape index (κ1) is 25.8. The monoisotopic (exact) mass is 507 g/mol. The van der Waals surface area contributed by atoms with Gasteiger partial charge in [0.15, 0.2) is 17.2 Å². The molecule has 1 amide bonds. The fraction of sp³-hybridized carbons (Fsp3) is 0.429. The largest absolute Gasteiger partial charge is 0.493 e. The molecule has 1 aliphatic rings. The fourth-order valence-electron chi connectivity index (χ4n) is 3.94. The van der Waals surface area contributed by atoms with E-state index in [1.807, 2.05) is 0 Å². The van der Waals surface area contributed by atoms with E-state index >= 15 is 0 Å². The van der Waals surface area contributed by atoms with E-state index in [-0.39, 0.29) is 16.3 Å². The van der Waals surface area contributed by atoms with Crippen LogP contribution in [0.15, 0.2) is 35.5 Å². The number of rotatable bonds is 5. The van der Waals surface area contributed by atoms with Crippen LogP contribution in [0.5, 0.6) is 5.75 Å². The number of nitrogens with zero attached hydrogens (tertiary/aromatic N) is 1. The second kappa shape index (κ2) is 8.77. The third kappa shape index (κ3) is 4.45. The summed E-state index contributed by atoms with van der Waals surface area (Å²) >= 11 is 0. The normalized spacial score (nSPS) is 26.7. The van der Waals surface area contributed by atoms with Crippen molar-refractivity contribution >= 4 is 21.3 Å². The van der Waals surface area contributed by atoms with E-state index in [0.717, 1.165) is 38.6 Å². The van der Waals surface area contributed by atoms with Crippen LogP contribution in [0, 0.1) is 22.3 Å². The molecule has 34 heavy (non-hydrogen) atoms. The Morgan fingerprint density at radius 1 is 1.26 bits per heavy atom. The van der Waals surface area contributed by atoms with E-state index in [0.29, 0.717) is 0 Å². The van der Waals surface area contributed by atoms with Crippen molar-refractivity contribution in [2.24, 2.45) is 5.92 Å². The molecule has 3 rings (SSSR count). The zero-order chi connectivity index (χ0) is 25.6. The van der Waals surface area contributed by atoms with Crippen molar-refractivity contribution in [3.63, 3.8) is 0 Å². The van der Waals surface area contributed by atoms with Gasteiger partial charge in [0.2, 0.25) is 5.82 Å². The van der Waals surface area contributed by atoms with Crippen LogP contribution in [0.4, 0.5) is 27.6 Å². The lowest BCUT2D eigenvalue weighted by Crippen LogP contribution is -2.47. The first-order chi connectivity index (χ1) is 15.6. The molecule has 0 unspecified atom stereocenters. The van der Waals surface area contributed by atoms with Crippen LogP contribution in [-0.4, -0.2) is 46.3 Å². The van der Waals surface area contributed by atoms with Crippen LogP contribution in [0.3, 0.4) is 0 Å². The Labute approximate surface area is 192 Å². The minimum atomic E-state index is -4.88. The molecule has 1 aromatic carbocycles. The Hall–Kier alpha value is -2.80. The number of pyridine rings is 1. The van der Waals surface area contributed by atoms with Crippen LogP contribution >= 0.6 is 0 Å². The van der Waals surface area contributed by atoms with Gasteiger partial charge in [-0.25, -0.2) is 18.4 Å². The maximum Gasteiger partial charge on any atom is 0.417 e. The number of alkyl halides is 3. The SMILES string of the molecule is COc1c([C@H]2[C@H](C(=O)Nc3ccc([S@@](C)(=N)=O)nc3)O[C@@](C)(C(F)(F)F)[C@H]2C)ccc(F)c1F. The Morgan fingerprint density at radius 3 is 2.41 bits per heavy atom. The first-order valence-corrected chi connectivity index (χ1v) is 11.9. The number of hydrogen-bond donors (Lipinski definition) is 2. The average Bonchev–Trinajstić information content (AvgIpc) is 3.02. The lowest BCUT2D eigenvalue weighted by Gasteiger charge is -2.32. The van der Waals surface area contributed by atoms with Crippen molar-refractivity contribution < 1.29 is 40.4 Å². The molecule has 2 N–H and O–H groups in total. The lowest BCUT2D eigenvalue weighted by atomic mass is 9.77. The molecule has 186 valence electrons. The number of halogens is 5. The summed E-state index contributed by atoms with van der Waals surface area (Å²) < 4.78 is 99.5. The lowest BCUT2D eigenvalue weighted by molar-refractivity contribution is -0.272. The van der Waals surface area contributed by atoms with Gasteiger partial charge in [0.25, 0.3) is 5.91 Å². The van der Waals surface area contributed by atoms with Crippen molar-refractivity contribution in [1.82, 2.24) is 4.98 Å². The molecule has 2 aromatic rings. The second-order valence-corrected chi connectivity index (χ2v) is 10.3. The third-order valence-corrected chi connectivity index (χ3v) is 7.01. The van der Waals surface area contributed by atoms with Gasteiger partial charge >= 0.3 is 6.18 Å². The van der Waals surface area contributed by atoms with Gasteiger partial charge in [-0.1, -0.05) is 13.0 Å². The summed E-state index contributed by atoms with van der Waals surface area (Å²) in [6.45, 7) is 1.99. The summed E-state index contributed by atoms with van der Waals surface area (Å²) in [7, 11) is -2.08. The smallest absolute Gasteiger partial charge is 0.417 e. The third-order valence-electron chi connectivity index (χ3n) is 5.97. The molecule has 1 aliphatic heterocycles. The van der Waals surface area contributed by atoms with Crippen LogP contribution in [0.1, 0.15) is 25.3 Å². The molecule has 0 aliphatic carbocycles. The van der Waals surface area contributed by atoms with E-state index in [4.69, 9.17) is 14.3 Å². The standard InChI is InChI=1S/C21H22F5N3O4S/c1-10-15(12-6-7-13(22)16(23)17(12)32-3)18(33-20(10,2)21(24,25)26)19(30)29-11-5-8-14(28-9-11)34(4,27)31/h5-10,15,18,27H,1-4H3,(H,29,30)/t10-,15-,18+,20+,34-/m0/s1. The van der Waals surface area contributed by atoms with Gasteiger partial charge < -0.3 is 14.8 Å². The van der Waals surface area contributed by atoms with Crippen molar-refractivity contribution in [2.75, 3.05) is 18.7 Å². The van der Waals surface area contributed by atoms with Crippen LogP contribution in [0.25, 0.3) is 0 Å². The summed E-state index contributed by atoms with van der Waals surface area (Å²) in [6, 6.07) is 4.32. The Morgan fingerprint density at radius 2 is 1.91 bits per heavy atom. The quantitative estimate of drug-likeness (QED) is 0.581. The Kier molecular flexibility index (Phi) is 6.66. The summed E-state index contributed by atoms with van der Waals surface area (Å²) in [5.41, 5.74) is -2.89. The molecule has 0 spiro atoms. The molecule has 1 aromatic heterocycles. The summed E-state index contributed by atoms with van der Waals surface area (Å²) in [5.74, 6) is -7.02. The fourth-order valence-corrected chi connectivity index (χ4v) is 4.52. The van der Waals surface area contributed by atoms with Crippen molar-refractivity contribution in [3.05, 3.63) is 47.7 Å². The highest BCUT2D eigenvalue weighted by Gasteiger charge is 2.65. The zero-order valence-electron chi connectivity index (χ0n) is 18.5. The summed E-state index contributed by atoms with van der Waals surface area (Å²) in [6.07, 6.45) is -4.39. The molecule has 5 atom stereocenters. The second-order valence-electron chi connectivity index (χ2n) is 8.16. The number of amides is 1. The van der Waals surface area contributed by atoms with Gasteiger partial charge in [0, 0.05) is 23.7 Å². The Bertz CT molecular complexity index is 1200. The highest BCUT2D eigenvalue weighted by molar-refractivity contribution is 7.91. The van der Waals surface area contributed by atoms with Gasteiger partial charge in [0.1, 0.15) is 11.1 Å². The Balaban J connectivity index is 2.04. The molecule has 1 saturated heterocycles. The minimum Gasteiger partial charge on any atom is -0.493 e. The molecule has 1 fully saturated rings. The van der Waals surface area contributed by atoms with Gasteiger partial charge in [-0.2, -0.15) is 17.6 Å². The predicted molar refractivity (Wildman–Crippen MR) is 112 cm³/mol. The molecule has 7 nitrogen and oxygen atoms in total. The van der Waals surface area contributed by atoms with Crippen LogP contribution < -0.4 is 10.1 Å². The molecular formula is C21H22F5N3O4S. The number of benzene rings is 1. The number of carbonyl (C=O) groups is 1. The van der Waals surface area contributed by atoms with Gasteiger partial charge in [0.05, 0.1) is 28.7 Å². The highest BCUT2D eigenvalue weighted by Crippen LogP contribution is 2.55. The molecule has 2 heterocycles. The molecule has 0 bridgehead atoms. The van der Waals surface area contributed by atoms with Crippen molar-refractivity contribution in [1.29, 1.82) is 4.78 Å². The molecule has 0 radical (unpaired) electrons. The number of methoxy groups -OCH3 is 1. The van der Waals surface area contributed by atoms with Crippen molar-refractivity contribution in [2.45, 2.75) is 42.7 Å². The number of carbonyl (C=O) groups excluding carboxylic acids is 1. The van der Waals surface area contributed by atoms with E-state index in [1.165, 1.54) is 19.1 Å². The molecule has 13 heteroatoms. The maximum atomic E-state index is 14.4. The van der Waals surface area contributed by atoms with Gasteiger partial charge in [-0.05, 0) is 25.1 Å². The maximum absolute atomic E-state index is 14.4. The van der Waals surface area contributed by atoms with Crippen LogP contribution in [0.2, 0.25) is 0 Å². The van der Waals surface area contributed by atoms with E-state index in [2.05, 4.69) is 10.3 Å². The van der Waals surface area contributed by atoms with Gasteiger partial charge in [-0.15, -0.1) is 0 Å². The number of aromatic nitrogens is 1. The van der Waals surface area contributed by atoms with E-state index in [1.54, 1.807) is 0 Å². The highest BCUT2D eigenvalue weighted by atomic mass is 32.2. The zero-order valence-corrected chi connectivity index (χ0v) is 19.3. The summed E-state index contributed by atoms with van der Waals surface area (Å²) in [4.78, 5) is 16.9. The number of nitrogens with one attached hydrogen (secondary N) is 2. The topological polar surface area (TPSA) is 101 Å². The van der Waals surface area contributed by atoms with Crippen molar-refractivity contribution in [3.8, 4) is 5.75 Å². The van der Waals surface area contributed by atoms with E-state index in [9.17, 15) is 31.0 Å². The number of ether oxygens (including phenoxy) is 2. The number of hydrogen-bond acceptors (Lipinski definition) is 6. The summed E-state index contributed by atoms with van der Waals surface area (Å²) in [5, 5.41) is 2.33. The van der Waals surface area contributed by atoms with Crippen LogP contribution in [-0.2, 0) is 19.3 Å². The average molecular weight is 507 g/mol. The minimum absolute atomic E-state index is 0.0465. The number of anilines is 1. The molecule has 0 saturated carbocycles.